The van der Waals surface area contributed by atoms with Crippen LogP contribution in [0.1, 0.15) is 88.4 Å². The summed E-state index contributed by atoms with van der Waals surface area (Å²) in [6, 6.07) is 8.15. The van der Waals surface area contributed by atoms with Crippen LogP contribution < -0.4 is 0 Å². The molecule has 0 spiro atoms. The SMILES string of the molecule is CCCCCC1CCC(C(=O)c2cn(CCCC(=O)OCC)c3ccccc23)CC1. The number of ketones is 1. The topological polar surface area (TPSA) is 48.3 Å². The Morgan fingerprint density at radius 3 is 2.53 bits per heavy atom. The Morgan fingerprint density at radius 2 is 1.80 bits per heavy atom. The fourth-order valence-electron chi connectivity index (χ4n) is 4.87. The molecule has 1 saturated carbocycles. The Labute approximate surface area is 181 Å². The van der Waals surface area contributed by atoms with Crippen molar-refractivity contribution < 1.29 is 14.3 Å². The lowest BCUT2D eigenvalue weighted by molar-refractivity contribution is -0.143. The molecular formula is C26H37NO3. The van der Waals surface area contributed by atoms with Gasteiger partial charge in [-0.2, -0.15) is 0 Å². The normalized spacial score (nSPS) is 19.1. The average Bonchev–Trinajstić information content (AvgIpc) is 3.13. The molecule has 0 saturated heterocycles. The fourth-order valence-corrected chi connectivity index (χ4v) is 4.87. The summed E-state index contributed by atoms with van der Waals surface area (Å²) in [5, 5.41) is 1.05. The lowest BCUT2D eigenvalue weighted by Gasteiger charge is -2.27. The van der Waals surface area contributed by atoms with Gasteiger partial charge in [-0.15, -0.1) is 0 Å². The van der Waals surface area contributed by atoms with Gasteiger partial charge in [0.2, 0.25) is 0 Å². The Hall–Kier alpha value is -2.10. The maximum absolute atomic E-state index is 13.4. The molecule has 1 heterocycles. The monoisotopic (exact) mass is 411 g/mol. The number of aryl methyl sites for hydroxylation is 1. The average molecular weight is 412 g/mol. The van der Waals surface area contributed by atoms with E-state index in [0.29, 0.717) is 25.2 Å². The first-order chi connectivity index (χ1) is 14.6. The van der Waals surface area contributed by atoms with E-state index in [1.54, 1.807) is 0 Å². The molecular weight excluding hydrogens is 374 g/mol. The minimum atomic E-state index is -0.152. The number of benzene rings is 1. The molecule has 164 valence electrons. The Morgan fingerprint density at radius 1 is 1.03 bits per heavy atom. The van der Waals surface area contributed by atoms with Gasteiger partial charge in [0.15, 0.2) is 5.78 Å². The highest BCUT2D eigenvalue weighted by Gasteiger charge is 2.28. The standard InChI is InChI=1S/C26H37NO3/c1-3-5-6-10-20-14-16-21(17-15-20)26(29)23-19-27(18-9-13-25(28)30-4-2)24-12-8-7-11-22(23)24/h7-8,11-12,19-21H,3-6,9-10,13-18H2,1-2H3. The molecule has 2 aromatic rings. The first-order valence-corrected chi connectivity index (χ1v) is 11.9. The van der Waals surface area contributed by atoms with E-state index in [-0.39, 0.29) is 11.9 Å². The Balaban J connectivity index is 1.64. The number of nitrogens with zero attached hydrogens (tertiary/aromatic N) is 1. The second kappa shape index (κ2) is 11.3. The van der Waals surface area contributed by atoms with Crippen LogP contribution in [0.25, 0.3) is 10.9 Å². The molecule has 3 rings (SSSR count). The van der Waals surface area contributed by atoms with Crippen LogP contribution in [0.2, 0.25) is 0 Å². The first-order valence-electron chi connectivity index (χ1n) is 11.9. The first kappa shape index (κ1) is 22.6. The molecule has 0 atom stereocenters. The van der Waals surface area contributed by atoms with Gasteiger partial charge in [0.05, 0.1) is 6.61 Å². The van der Waals surface area contributed by atoms with Crippen LogP contribution in [0, 0.1) is 11.8 Å². The van der Waals surface area contributed by atoms with Crippen molar-refractivity contribution >= 4 is 22.7 Å². The highest BCUT2D eigenvalue weighted by atomic mass is 16.5. The van der Waals surface area contributed by atoms with Crippen LogP contribution in [-0.4, -0.2) is 22.9 Å². The molecule has 0 N–H and O–H groups in total. The summed E-state index contributed by atoms with van der Waals surface area (Å²) in [7, 11) is 0. The Bertz CT molecular complexity index is 830. The van der Waals surface area contributed by atoms with Gasteiger partial charge in [-0.1, -0.05) is 50.8 Å². The van der Waals surface area contributed by atoms with Crippen LogP contribution in [0.3, 0.4) is 0 Å². The molecule has 0 bridgehead atoms. The van der Waals surface area contributed by atoms with Crippen molar-refractivity contribution in [1.82, 2.24) is 4.57 Å². The number of carbonyl (C=O) groups is 2. The van der Waals surface area contributed by atoms with E-state index in [1.807, 2.05) is 25.3 Å². The second-order valence-corrected chi connectivity index (χ2v) is 8.74. The van der Waals surface area contributed by atoms with Crippen molar-refractivity contribution in [3.05, 3.63) is 36.0 Å². The minimum absolute atomic E-state index is 0.152. The lowest BCUT2D eigenvalue weighted by atomic mass is 9.77. The number of fused-ring (bicyclic) bond motifs is 1. The number of hydrogen-bond donors (Lipinski definition) is 0. The van der Waals surface area contributed by atoms with Gasteiger partial charge >= 0.3 is 5.97 Å². The zero-order chi connectivity index (χ0) is 21.3. The van der Waals surface area contributed by atoms with Crippen molar-refractivity contribution in [2.24, 2.45) is 11.8 Å². The third-order valence-corrected chi connectivity index (χ3v) is 6.57. The molecule has 1 aliphatic rings. The molecule has 1 aromatic carbocycles. The zero-order valence-electron chi connectivity index (χ0n) is 18.7. The smallest absolute Gasteiger partial charge is 0.305 e. The number of Topliss-reactive ketones (excluding diaryl/α,β-unsaturated/α-hetero) is 1. The molecule has 30 heavy (non-hydrogen) atoms. The minimum Gasteiger partial charge on any atom is -0.466 e. The van der Waals surface area contributed by atoms with Gasteiger partial charge in [-0.05, 0) is 51.0 Å². The zero-order valence-corrected chi connectivity index (χ0v) is 18.7. The predicted octanol–water partition coefficient (Wildman–Crippen LogP) is 6.55. The number of unbranched alkanes of at least 4 members (excludes halogenated alkanes) is 2. The number of carbonyl (C=O) groups excluding carboxylic acids is 2. The van der Waals surface area contributed by atoms with Crippen LogP contribution in [-0.2, 0) is 16.1 Å². The number of para-hydroxylation sites is 1. The number of aromatic nitrogens is 1. The molecule has 1 aliphatic carbocycles. The van der Waals surface area contributed by atoms with Crippen LogP contribution in [0.5, 0.6) is 0 Å². The lowest BCUT2D eigenvalue weighted by Crippen LogP contribution is -2.22. The highest BCUT2D eigenvalue weighted by molar-refractivity contribution is 6.09. The van der Waals surface area contributed by atoms with E-state index < -0.39 is 0 Å². The number of rotatable bonds is 11. The molecule has 0 unspecified atom stereocenters. The summed E-state index contributed by atoms with van der Waals surface area (Å²) >= 11 is 0. The van der Waals surface area contributed by atoms with Gasteiger partial charge in [0, 0.05) is 41.5 Å². The van der Waals surface area contributed by atoms with E-state index in [2.05, 4.69) is 23.6 Å². The molecule has 4 nitrogen and oxygen atoms in total. The molecule has 0 aliphatic heterocycles. The van der Waals surface area contributed by atoms with Gasteiger partial charge < -0.3 is 9.30 Å². The summed E-state index contributed by atoms with van der Waals surface area (Å²) in [5.41, 5.74) is 1.94. The van der Waals surface area contributed by atoms with Crippen molar-refractivity contribution in [2.45, 2.75) is 84.6 Å². The number of hydrogen-bond acceptors (Lipinski definition) is 3. The van der Waals surface area contributed by atoms with E-state index in [9.17, 15) is 9.59 Å². The molecule has 0 radical (unpaired) electrons. The molecule has 4 heteroatoms. The predicted molar refractivity (Wildman–Crippen MR) is 122 cm³/mol. The summed E-state index contributed by atoms with van der Waals surface area (Å²) in [4.78, 5) is 25.0. The highest BCUT2D eigenvalue weighted by Crippen LogP contribution is 2.35. The fraction of sp³-hybridized carbons (Fsp3) is 0.615. The van der Waals surface area contributed by atoms with E-state index in [4.69, 9.17) is 4.74 Å². The van der Waals surface area contributed by atoms with E-state index in [0.717, 1.165) is 41.8 Å². The number of ether oxygens (including phenoxy) is 1. The molecule has 1 aromatic heterocycles. The maximum atomic E-state index is 13.4. The quantitative estimate of drug-likeness (QED) is 0.239. The third-order valence-electron chi connectivity index (χ3n) is 6.57. The van der Waals surface area contributed by atoms with E-state index in [1.165, 1.54) is 38.5 Å². The summed E-state index contributed by atoms with van der Waals surface area (Å²) in [5.74, 6) is 1.12. The van der Waals surface area contributed by atoms with Crippen LogP contribution in [0.15, 0.2) is 30.5 Å². The summed E-state index contributed by atoms with van der Waals surface area (Å²) in [6.07, 6.45) is 12.8. The summed E-state index contributed by atoms with van der Waals surface area (Å²) < 4.78 is 7.16. The van der Waals surface area contributed by atoms with Crippen molar-refractivity contribution in [1.29, 1.82) is 0 Å². The van der Waals surface area contributed by atoms with E-state index >= 15 is 0 Å². The van der Waals surface area contributed by atoms with Gasteiger partial charge in [0.1, 0.15) is 0 Å². The van der Waals surface area contributed by atoms with Gasteiger partial charge in [-0.25, -0.2) is 0 Å². The largest absolute Gasteiger partial charge is 0.466 e. The maximum Gasteiger partial charge on any atom is 0.305 e. The second-order valence-electron chi connectivity index (χ2n) is 8.74. The third kappa shape index (κ3) is 5.74. The summed E-state index contributed by atoms with van der Waals surface area (Å²) in [6.45, 7) is 5.22. The van der Waals surface area contributed by atoms with Crippen LogP contribution >= 0.6 is 0 Å². The van der Waals surface area contributed by atoms with Crippen molar-refractivity contribution in [3.63, 3.8) is 0 Å². The van der Waals surface area contributed by atoms with Crippen molar-refractivity contribution in [2.75, 3.05) is 6.61 Å². The van der Waals surface area contributed by atoms with Gasteiger partial charge in [0.25, 0.3) is 0 Å². The Kier molecular flexibility index (Phi) is 8.53. The molecule has 1 fully saturated rings. The van der Waals surface area contributed by atoms with Crippen molar-refractivity contribution in [3.8, 4) is 0 Å². The molecule has 0 amide bonds. The number of esters is 1. The van der Waals surface area contributed by atoms with Gasteiger partial charge in [-0.3, -0.25) is 9.59 Å². The van der Waals surface area contributed by atoms with Crippen LogP contribution in [0.4, 0.5) is 0 Å².